The first-order chi connectivity index (χ1) is 8.00. The van der Waals surface area contributed by atoms with E-state index < -0.39 is 24.1 Å². The van der Waals surface area contributed by atoms with Gasteiger partial charge in [0.2, 0.25) is 0 Å². The number of aliphatic hydroxyl groups excluding tert-OH is 1. The molecule has 0 spiro atoms. The van der Waals surface area contributed by atoms with E-state index >= 15 is 0 Å². The van der Waals surface area contributed by atoms with Gasteiger partial charge in [-0.05, 0) is 6.92 Å². The number of urea groups is 1. The Morgan fingerprint density at radius 3 is 2.76 bits per heavy atom. The number of aromatic nitrogens is 1. The molecule has 0 aromatic carbocycles. The van der Waals surface area contributed by atoms with Gasteiger partial charge in [-0.1, -0.05) is 5.16 Å². The molecule has 0 unspecified atom stereocenters. The van der Waals surface area contributed by atoms with Crippen LogP contribution in [-0.2, 0) is 11.3 Å². The second-order valence-corrected chi connectivity index (χ2v) is 3.37. The second kappa shape index (κ2) is 5.85. The van der Waals surface area contributed by atoms with E-state index in [0.29, 0.717) is 5.69 Å². The Balaban J connectivity index is 2.40. The Kier molecular flexibility index (Phi) is 4.46. The zero-order chi connectivity index (χ0) is 12.8. The molecule has 94 valence electrons. The average molecular weight is 243 g/mol. The summed E-state index contributed by atoms with van der Waals surface area (Å²) < 4.78 is 4.55. The monoisotopic (exact) mass is 243 g/mol. The van der Waals surface area contributed by atoms with Gasteiger partial charge in [-0.25, -0.2) is 9.59 Å². The lowest BCUT2D eigenvalue weighted by atomic mass is 10.2. The van der Waals surface area contributed by atoms with Crippen molar-refractivity contribution < 1.29 is 24.3 Å². The first-order valence-electron chi connectivity index (χ1n) is 4.85. The first kappa shape index (κ1) is 13.0. The van der Waals surface area contributed by atoms with Crippen molar-refractivity contribution in [3.05, 3.63) is 18.0 Å². The van der Waals surface area contributed by atoms with Gasteiger partial charge in [0.25, 0.3) is 0 Å². The number of rotatable bonds is 5. The summed E-state index contributed by atoms with van der Waals surface area (Å²) in [5, 5.41) is 25.9. The van der Waals surface area contributed by atoms with Gasteiger partial charge in [0.1, 0.15) is 12.0 Å². The lowest BCUT2D eigenvalue weighted by molar-refractivity contribution is -0.141. The highest BCUT2D eigenvalue weighted by Crippen LogP contribution is 1.95. The molecule has 0 bridgehead atoms. The molecule has 1 heterocycles. The van der Waals surface area contributed by atoms with Crippen molar-refractivity contribution in [1.29, 1.82) is 0 Å². The second-order valence-electron chi connectivity index (χ2n) is 3.37. The summed E-state index contributed by atoms with van der Waals surface area (Å²) >= 11 is 0. The summed E-state index contributed by atoms with van der Waals surface area (Å²) in [5.41, 5.74) is 0.504. The van der Waals surface area contributed by atoms with Gasteiger partial charge >= 0.3 is 12.0 Å². The van der Waals surface area contributed by atoms with Gasteiger partial charge in [-0.2, -0.15) is 0 Å². The predicted octanol–water partition coefficient (Wildman–Crippen LogP) is -0.692. The lowest BCUT2D eigenvalue weighted by Crippen LogP contribution is -2.50. The fourth-order valence-corrected chi connectivity index (χ4v) is 1.08. The van der Waals surface area contributed by atoms with Crippen LogP contribution in [0.2, 0.25) is 0 Å². The Morgan fingerprint density at radius 2 is 2.29 bits per heavy atom. The summed E-state index contributed by atoms with van der Waals surface area (Å²) in [4.78, 5) is 22.0. The minimum atomic E-state index is -1.35. The third-order valence-electron chi connectivity index (χ3n) is 1.96. The number of carboxylic acids is 1. The van der Waals surface area contributed by atoms with Crippen molar-refractivity contribution in [2.24, 2.45) is 0 Å². The molecule has 1 aromatic heterocycles. The highest BCUT2D eigenvalue weighted by molar-refractivity contribution is 5.82. The molecular weight excluding hydrogens is 230 g/mol. The standard InChI is InChI=1S/C9H13N3O5/c1-5(13)7(8(14)15)11-9(16)10-4-6-2-3-17-12-6/h2-3,5,7,13H,4H2,1H3,(H,14,15)(H2,10,11,16)/t5-,7+/m1/s1. The number of aliphatic carboxylic acids is 1. The van der Waals surface area contributed by atoms with Crippen LogP contribution in [0.1, 0.15) is 12.6 Å². The molecule has 2 atom stereocenters. The van der Waals surface area contributed by atoms with Crippen molar-refractivity contribution >= 4 is 12.0 Å². The maximum atomic E-state index is 11.3. The molecule has 1 aromatic rings. The van der Waals surface area contributed by atoms with Gasteiger partial charge in [-0.15, -0.1) is 0 Å². The molecule has 0 saturated carbocycles. The van der Waals surface area contributed by atoms with Gasteiger partial charge < -0.3 is 25.4 Å². The minimum absolute atomic E-state index is 0.106. The topological polar surface area (TPSA) is 125 Å². The quantitative estimate of drug-likeness (QED) is 0.542. The van der Waals surface area contributed by atoms with Gasteiger partial charge in [-0.3, -0.25) is 0 Å². The average Bonchev–Trinajstić information content (AvgIpc) is 2.74. The maximum Gasteiger partial charge on any atom is 0.328 e. The van der Waals surface area contributed by atoms with E-state index in [4.69, 9.17) is 10.2 Å². The van der Waals surface area contributed by atoms with Crippen LogP contribution in [0.15, 0.2) is 16.9 Å². The molecule has 0 aliphatic carbocycles. The number of hydrogen-bond acceptors (Lipinski definition) is 5. The van der Waals surface area contributed by atoms with Crippen LogP contribution >= 0.6 is 0 Å². The Hall–Kier alpha value is -2.09. The molecule has 17 heavy (non-hydrogen) atoms. The first-order valence-corrected chi connectivity index (χ1v) is 4.85. The van der Waals surface area contributed by atoms with Crippen LogP contribution in [0.5, 0.6) is 0 Å². The van der Waals surface area contributed by atoms with Crippen LogP contribution in [-0.4, -0.2) is 39.5 Å². The van der Waals surface area contributed by atoms with Gasteiger partial charge in [0.15, 0.2) is 6.04 Å². The number of aliphatic hydroxyl groups is 1. The predicted molar refractivity (Wildman–Crippen MR) is 55.0 cm³/mol. The molecule has 0 aliphatic heterocycles. The van der Waals surface area contributed by atoms with Crippen LogP contribution in [0.3, 0.4) is 0 Å². The van der Waals surface area contributed by atoms with Crippen LogP contribution in [0, 0.1) is 0 Å². The summed E-state index contributed by atoms with van der Waals surface area (Å²) in [7, 11) is 0. The van der Waals surface area contributed by atoms with Gasteiger partial charge in [0.05, 0.1) is 12.6 Å². The third-order valence-corrected chi connectivity index (χ3v) is 1.96. The molecule has 8 heteroatoms. The summed E-state index contributed by atoms with van der Waals surface area (Å²) in [6.07, 6.45) is 0.162. The van der Waals surface area contributed by atoms with Crippen molar-refractivity contribution in [2.45, 2.75) is 25.6 Å². The van der Waals surface area contributed by atoms with E-state index in [0.717, 1.165) is 0 Å². The van der Waals surface area contributed by atoms with Gasteiger partial charge in [0, 0.05) is 6.07 Å². The van der Waals surface area contributed by atoms with Crippen molar-refractivity contribution in [3.63, 3.8) is 0 Å². The molecule has 1 rings (SSSR count). The van der Waals surface area contributed by atoms with Crippen molar-refractivity contribution in [1.82, 2.24) is 15.8 Å². The fourth-order valence-electron chi connectivity index (χ4n) is 1.08. The van der Waals surface area contributed by atoms with Crippen LogP contribution in [0.4, 0.5) is 4.79 Å². The van der Waals surface area contributed by atoms with E-state index in [9.17, 15) is 9.59 Å². The Morgan fingerprint density at radius 1 is 1.59 bits per heavy atom. The normalized spacial score (nSPS) is 13.8. The molecular formula is C9H13N3O5. The largest absolute Gasteiger partial charge is 0.480 e. The Bertz CT molecular complexity index is 376. The lowest BCUT2D eigenvalue weighted by Gasteiger charge is -2.17. The number of nitrogens with zero attached hydrogens (tertiary/aromatic N) is 1. The molecule has 4 N–H and O–H groups in total. The van der Waals surface area contributed by atoms with E-state index in [1.54, 1.807) is 6.07 Å². The minimum Gasteiger partial charge on any atom is -0.480 e. The van der Waals surface area contributed by atoms with Crippen LogP contribution in [0.25, 0.3) is 0 Å². The number of carboxylic acid groups (broad SMARTS) is 1. The number of amides is 2. The highest BCUT2D eigenvalue weighted by atomic mass is 16.5. The highest BCUT2D eigenvalue weighted by Gasteiger charge is 2.24. The molecule has 0 radical (unpaired) electrons. The molecule has 0 fully saturated rings. The maximum absolute atomic E-state index is 11.3. The summed E-state index contributed by atoms with van der Waals surface area (Å²) in [6, 6.07) is -0.502. The molecule has 2 amide bonds. The van der Waals surface area contributed by atoms with Crippen molar-refractivity contribution in [3.8, 4) is 0 Å². The SMILES string of the molecule is C[C@@H](O)[C@H](NC(=O)NCc1ccon1)C(=O)O. The molecule has 0 aliphatic rings. The zero-order valence-electron chi connectivity index (χ0n) is 9.08. The Labute approximate surface area is 96.6 Å². The summed E-state index contributed by atoms with van der Waals surface area (Å²) in [6.45, 7) is 1.38. The fraction of sp³-hybridized carbons (Fsp3) is 0.444. The summed E-state index contributed by atoms with van der Waals surface area (Å²) in [5.74, 6) is -1.31. The number of nitrogens with one attached hydrogen (secondary N) is 2. The van der Waals surface area contributed by atoms with E-state index in [-0.39, 0.29) is 6.54 Å². The molecule has 0 saturated heterocycles. The number of hydrogen-bond donors (Lipinski definition) is 4. The third kappa shape index (κ3) is 4.11. The van der Waals surface area contributed by atoms with E-state index in [1.807, 2.05) is 0 Å². The van der Waals surface area contributed by atoms with E-state index in [2.05, 4.69) is 20.3 Å². The van der Waals surface area contributed by atoms with Crippen LogP contribution < -0.4 is 10.6 Å². The van der Waals surface area contributed by atoms with Crippen molar-refractivity contribution in [2.75, 3.05) is 0 Å². The smallest absolute Gasteiger partial charge is 0.328 e. The number of carbonyl (C=O) groups is 2. The number of carbonyl (C=O) groups excluding carboxylic acids is 1. The zero-order valence-corrected chi connectivity index (χ0v) is 9.08. The van der Waals surface area contributed by atoms with E-state index in [1.165, 1.54) is 13.2 Å². The molecule has 8 nitrogen and oxygen atoms in total.